The monoisotopic (exact) mass is 565 g/mol. The first-order valence-electron chi connectivity index (χ1n) is 15.0. The molecule has 6 rings (SSSR count). The van der Waals surface area contributed by atoms with Crippen LogP contribution in [-0.4, -0.2) is 15.0 Å². The number of unbranched alkanes of at least 4 members (excludes halogenated alkanes) is 3. The molecule has 6 nitrogen and oxygen atoms in total. The van der Waals surface area contributed by atoms with Gasteiger partial charge >= 0.3 is 0 Å². The second-order valence-corrected chi connectivity index (χ2v) is 10.9. The largest absolute Gasteiger partial charge is 0.255 e. The van der Waals surface area contributed by atoms with Crippen LogP contribution in [-0.2, 0) is 20.1 Å². The summed E-state index contributed by atoms with van der Waals surface area (Å²) in [4.78, 5) is 14.0. The highest BCUT2D eigenvalue weighted by atomic mass is 14.9. The normalized spacial score (nSPS) is 11.0. The number of nitrogens with zero attached hydrogens (tertiary/aromatic N) is 6. The van der Waals surface area contributed by atoms with Gasteiger partial charge in [0, 0.05) is 61.6 Å². The van der Waals surface area contributed by atoms with E-state index in [9.17, 15) is 0 Å². The summed E-state index contributed by atoms with van der Waals surface area (Å²) < 4.78 is 6.63. The molecular formula is C37H37N6+3. The van der Waals surface area contributed by atoms with E-state index in [1.165, 1.54) is 36.8 Å². The van der Waals surface area contributed by atoms with Crippen LogP contribution in [0.2, 0.25) is 0 Å². The third-order valence-electron chi connectivity index (χ3n) is 7.69. The zero-order valence-electron chi connectivity index (χ0n) is 24.6. The molecule has 0 unspecified atom stereocenters. The van der Waals surface area contributed by atoms with Crippen LogP contribution >= 0.6 is 0 Å². The number of aromatic nitrogens is 6. The van der Waals surface area contributed by atoms with Crippen LogP contribution in [0.1, 0.15) is 25.7 Å². The predicted octanol–water partition coefficient (Wildman–Crippen LogP) is 6.20. The Kier molecular flexibility index (Phi) is 8.94. The lowest BCUT2D eigenvalue weighted by molar-refractivity contribution is -0.698. The summed E-state index contributed by atoms with van der Waals surface area (Å²) in [5, 5.41) is 0. The third-order valence-corrected chi connectivity index (χ3v) is 7.69. The molecule has 0 bridgehead atoms. The zero-order chi connectivity index (χ0) is 29.3. The molecule has 6 aromatic heterocycles. The van der Waals surface area contributed by atoms with Crippen molar-refractivity contribution in [3.8, 4) is 45.0 Å². The van der Waals surface area contributed by atoms with Gasteiger partial charge in [-0.15, -0.1) is 0 Å². The van der Waals surface area contributed by atoms with Crippen molar-refractivity contribution in [2.45, 2.75) is 38.8 Å². The maximum absolute atomic E-state index is 4.89. The summed E-state index contributed by atoms with van der Waals surface area (Å²) in [6.45, 7) is 2.07. The number of aryl methyl sites for hydroxylation is 3. The number of rotatable bonds is 11. The minimum absolute atomic E-state index is 0.843. The SMILES string of the molecule is C[n+]1ccc(-c2cc[n+](CCCCCC[n+]3ccc(-c4cc(-c5ccccn5)nc(-c5ccccn5)c4)cc3)cc2)cc1. The van der Waals surface area contributed by atoms with Gasteiger partial charge in [-0.1, -0.05) is 12.1 Å². The van der Waals surface area contributed by atoms with Gasteiger partial charge < -0.3 is 0 Å². The van der Waals surface area contributed by atoms with Crippen molar-refractivity contribution >= 4 is 0 Å². The molecule has 0 aliphatic heterocycles. The summed E-state index contributed by atoms with van der Waals surface area (Å²) in [7, 11) is 2.04. The molecule has 0 N–H and O–H groups in total. The van der Waals surface area contributed by atoms with Crippen LogP contribution < -0.4 is 13.7 Å². The van der Waals surface area contributed by atoms with Crippen molar-refractivity contribution in [3.05, 3.63) is 135 Å². The van der Waals surface area contributed by atoms with E-state index in [1.54, 1.807) is 12.4 Å². The predicted molar refractivity (Wildman–Crippen MR) is 168 cm³/mol. The Morgan fingerprint density at radius 1 is 0.465 bits per heavy atom. The van der Waals surface area contributed by atoms with Crippen LogP contribution in [0.25, 0.3) is 45.0 Å². The van der Waals surface area contributed by atoms with E-state index in [0.29, 0.717) is 0 Å². The Hall–Kier alpha value is -5.10. The second-order valence-electron chi connectivity index (χ2n) is 10.9. The standard InChI is InChI=1S/C37H37N6/c1-41-22-12-30(13-23-41)31-14-24-42(25-15-31)20-8-2-3-9-21-43-26-16-32(17-27-43)33-28-36(34-10-4-6-18-38-34)40-37(29-33)35-11-5-7-19-39-35/h4-7,10-19,22-29H,2-3,8-9,20-21H2,1H3/q+3. The van der Waals surface area contributed by atoms with Crippen molar-refractivity contribution in [1.82, 2.24) is 15.0 Å². The quantitative estimate of drug-likeness (QED) is 0.139. The highest BCUT2D eigenvalue weighted by Gasteiger charge is 2.12. The summed E-state index contributed by atoms with van der Waals surface area (Å²) in [6, 6.07) is 29.2. The topological polar surface area (TPSA) is 50.3 Å². The van der Waals surface area contributed by atoms with E-state index < -0.39 is 0 Å². The van der Waals surface area contributed by atoms with Crippen LogP contribution in [0.15, 0.2) is 135 Å². The van der Waals surface area contributed by atoms with Crippen molar-refractivity contribution in [2.24, 2.45) is 7.05 Å². The summed E-state index contributed by atoms with van der Waals surface area (Å²) >= 11 is 0. The minimum Gasteiger partial charge on any atom is -0.255 e. The molecule has 0 aliphatic rings. The fourth-order valence-corrected chi connectivity index (χ4v) is 5.22. The Labute approximate surface area is 253 Å². The van der Waals surface area contributed by atoms with Crippen molar-refractivity contribution in [3.63, 3.8) is 0 Å². The Morgan fingerprint density at radius 2 is 0.907 bits per heavy atom. The van der Waals surface area contributed by atoms with E-state index in [0.717, 1.165) is 47.0 Å². The first-order chi connectivity index (χ1) is 21.2. The van der Waals surface area contributed by atoms with Gasteiger partial charge in [0.1, 0.15) is 20.1 Å². The first kappa shape index (κ1) is 28.0. The lowest BCUT2D eigenvalue weighted by atomic mass is 10.0. The summed E-state index contributed by atoms with van der Waals surface area (Å²) in [6.07, 6.45) is 21.3. The smallest absolute Gasteiger partial charge is 0.169 e. The van der Waals surface area contributed by atoms with E-state index >= 15 is 0 Å². The first-order valence-corrected chi connectivity index (χ1v) is 15.0. The summed E-state index contributed by atoms with van der Waals surface area (Å²) in [5.74, 6) is 0. The van der Waals surface area contributed by atoms with Gasteiger partial charge in [-0.3, -0.25) is 9.97 Å². The van der Waals surface area contributed by atoms with E-state index in [1.807, 2.05) is 43.4 Å². The molecule has 0 spiro atoms. The highest BCUT2D eigenvalue weighted by molar-refractivity contribution is 5.74. The number of hydrogen-bond acceptors (Lipinski definition) is 3. The molecule has 6 aromatic rings. The van der Waals surface area contributed by atoms with E-state index in [2.05, 4.69) is 109 Å². The molecule has 43 heavy (non-hydrogen) atoms. The van der Waals surface area contributed by atoms with E-state index in [-0.39, 0.29) is 0 Å². The van der Waals surface area contributed by atoms with Crippen LogP contribution in [0.5, 0.6) is 0 Å². The van der Waals surface area contributed by atoms with Gasteiger partial charge in [0.05, 0.1) is 22.8 Å². The molecule has 6 heteroatoms. The lowest BCUT2D eigenvalue weighted by Gasteiger charge is -2.09. The molecule has 212 valence electrons. The fraction of sp³-hybridized carbons (Fsp3) is 0.189. The molecule has 0 amide bonds. The second kappa shape index (κ2) is 13.7. The highest BCUT2D eigenvalue weighted by Crippen LogP contribution is 2.28. The molecule has 0 radical (unpaired) electrons. The molecular weight excluding hydrogens is 528 g/mol. The van der Waals surface area contributed by atoms with Crippen LogP contribution in [0.3, 0.4) is 0 Å². The van der Waals surface area contributed by atoms with E-state index in [4.69, 9.17) is 4.98 Å². The molecule has 0 atom stereocenters. The zero-order valence-corrected chi connectivity index (χ0v) is 24.6. The lowest BCUT2D eigenvalue weighted by Crippen LogP contribution is -2.33. The third kappa shape index (κ3) is 7.41. The Bertz CT molecular complexity index is 1680. The van der Waals surface area contributed by atoms with Gasteiger partial charge in [0.2, 0.25) is 0 Å². The number of hydrogen-bond donors (Lipinski definition) is 0. The van der Waals surface area contributed by atoms with Gasteiger partial charge in [0.25, 0.3) is 0 Å². The van der Waals surface area contributed by atoms with Gasteiger partial charge in [-0.05, 0) is 71.5 Å². The molecule has 0 saturated heterocycles. The van der Waals surface area contributed by atoms with Crippen molar-refractivity contribution in [1.29, 1.82) is 0 Å². The number of pyridine rings is 6. The average Bonchev–Trinajstić information content (AvgIpc) is 3.08. The maximum atomic E-state index is 4.89. The molecule has 0 aliphatic carbocycles. The molecule has 0 fully saturated rings. The van der Waals surface area contributed by atoms with Gasteiger partial charge in [-0.2, -0.15) is 0 Å². The summed E-state index contributed by atoms with van der Waals surface area (Å²) in [5.41, 5.74) is 8.15. The van der Waals surface area contributed by atoms with Crippen LogP contribution in [0.4, 0.5) is 0 Å². The minimum atomic E-state index is 0.843. The maximum Gasteiger partial charge on any atom is 0.169 e. The van der Waals surface area contributed by atoms with Crippen molar-refractivity contribution < 1.29 is 13.7 Å². The molecule has 6 heterocycles. The molecule has 0 saturated carbocycles. The average molecular weight is 566 g/mol. The Balaban J connectivity index is 1.02. The van der Waals surface area contributed by atoms with Gasteiger partial charge in [-0.25, -0.2) is 18.7 Å². The fourth-order valence-electron chi connectivity index (χ4n) is 5.22. The molecule has 0 aromatic carbocycles. The Morgan fingerprint density at radius 3 is 1.35 bits per heavy atom. The van der Waals surface area contributed by atoms with Crippen molar-refractivity contribution in [2.75, 3.05) is 0 Å². The van der Waals surface area contributed by atoms with Gasteiger partial charge in [0.15, 0.2) is 37.2 Å². The van der Waals surface area contributed by atoms with Crippen LogP contribution in [0, 0.1) is 0 Å².